The standard InChI is InChI=1S/C13H22O2/c1-12(2)10-4-3-9-5-6-11(14)8-13(9,7-10)15-12/h9-11,14H,3-8H2,1-2H3/t9?,10-,11+,13?/m1/s1. The van der Waals surface area contributed by atoms with Crippen LogP contribution >= 0.6 is 0 Å². The van der Waals surface area contributed by atoms with Crippen LogP contribution in [0.3, 0.4) is 0 Å². The third-order valence-corrected chi connectivity index (χ3v) is 5.08. The molecule has 3 rings (SSSR count). The summed E-state index contributed by atoms with van der Waals surface area (Å²) in [6, 6.07) is 0. The Bertz CT molecular complexity index is 274. The largest absolute Gasteiger partial charge is 0.393 e. The summed E-state index contributed by atoms with van der Waals surface area (Å²) in [5.74, 6) is 1.44. The Balaban J connectivity index is 1.91. The van der Waals surface area contributed by atoms with Gasteiger partial charge in [0, 0.05) is 6.42 Å². The van der Waals surface area contributed by atoms with Gasteiger partial charge in [0.1, 0.15) is 0 Å². The van der Waals surface area contributed by atoms with Crippen molar-refractivity contribution in [3.63, 3.8) is 0 Å². The molecule has 86 valence electrons. The molecule has 1 aliphatic heterocycles. The molecule has 0 aromatic carbocycles. The van der Waals surface area contributed by atoms with Gasteiger partial charge in [0.25, 0.3) is 0 Å². The van der Waals surface area contributed by atoms with Gasteiger partial charge in [0.15, 0.2) is 0 Å². The fourth-order valence-electron chi connectivity index (χ4n) is 4.27. The summed E-state index contributed by atoms with van der Waals surface area (Å²) in [5.41, 5.74) is 0.0931. The van der Waals surface area contributed by atoms with Crippen molar-refractivity contribution in [2.24, 2.45) is 11.8 Å². The molecular formula is C13H22O2. The second kappa shape index (κ2) is 2.98. The number of hydrogen-bond donors (Lipinski definition) is 1. The zero-order valence-corrected chi connectivity index (χ0v) is 9.83. The maximum atomic E-state index is 9.85. The third-order valence-electron chi connectivity index (χ3n) is 5.08. The van der Waals surface area contributed by atoms with E-state index in [-0.39, 0.29) is 17.3 Å². The van der Waals surface area contributed by atoms with Crippen LogP contribution in [0.15, 0.2) is 0 Å². The average Bonchev–Trinajstić information content (AvgIpc) is 2.32. The van der Waals surface area contributed by atoms with Gasteiger partial charge < -0.3 is 9.84 Å². The molecule has 1 spiro atoms. The van der Waals surface area contributed by atoms with E-state index in [1.807, 2.05) is 0 Å². The van der Waals surface area contributed by atoms with E-state index >= 15 is 0 Å². The molecule has 2 heteroatoms. The molecule has 2 saturated carbocycles. The van der Waals surface area contributed by atoms with Crippen molar-refractivity contribution >= 4 is 0 Å². The van der Waals surface area contributed by atoms with E-state index in [1.165, 1.54) is 25.7 Å². The van der Waals surface area contributed by atoms with Crippen LogP contribution in [0.1, 0.15) is 52.4 Å². The molecular weight excluding hydrogens is 188 g/mol. The van der Waals surface area contributed by atoms with Crippen LogP contribution in [-0.4, -0.2) is 22.4 Å². The summed E-state index contributed by atoms with van der Waals surface area (Å²) in [4.78, 5) is 0. The Morgan fingerprint density at radius 1 is 1.00 bits per heavy atom. The molecule has 0 aromatic rings. The number of fused-ring (bicyclic) bond motifs is 1. The second-order valence-electron chi connectivity index (χ2n) is 6.38. The Morgan fingerprint density at radius 2 is 1.67 bits per heavy atom. The van der Waals surface area contributed by atoms with E-state index in [2.05, 4.69) is 13.8 Å². The minimum atomic E-state index is -0.117. The van der Waals surface area contributed by atoms with Crippen LogP contribution in [0.4, 0.5) is 0 Å². The van der Waals surface area contributed by atoms with Crippen LogP contribution in [0.2, 0.25) is 0 Å². The zero-order valence-electron chi connectivity index (χ0n) is 9.83. The number of rotatable bonds is 0. The van der Waals surface area contributed by atoms with Crippen molar-refractivity contribution in [1.29, 1.82) is 0 Å². The van der Waals surface area contributed by atoms with Gasteiger partial charge >= 0.3 is 0 Å². The molecule has 15 heavy (non-hydrogen) atoms. The van der Waals surface area contributed by atoms with Crippen molar-refractivity contribution in [2.75, 3.05) is 0 Å². The van der Waals surface area contributed by atoms with Gasteiger partial charge in [0.05, 0.1) is 17.3 Å². The molecule has 0 radical (unpaired) electrons. The zero-order chi connectivity index (χ0) is 10.7. The number of ether oxygens (including phenoxy) is 1. The molecule has 2 bridgehead atoms. The van der Waals surface area contributed by atoms with E-state index < -0.39 is 0 Å². The number of hydrogen-bond acceptors (Lipinski definition) is 2. The van der Waals surface area contributed by atoms with Crippen LogP contribution in [0, 0.1) is 11.8 Å². The van der Waals surface area contributed by atoms with Crippen molar-refractivity contribution < 1.29 is 9.84 Å². The molecule has 1 heterocycles. The van der Waals surface area contributed by atoms with Crippen molar-refractivity contribution in [2.45, 2.75) is 69.7 Å². The van der Waals surface area contributed by atoms with Crippen LogP contribution in [0.5, 0.6) is 0 Å². The maximum Gasteiger partial charge on any atom is 0.0746 e. The highest BCUT2D eigenvalue weighted by Crippen LogP contribution is 2.58. The molecule has 0 aromatic heterocycles. The summed E-state index contributed by atoms with van der Waals surface area (Å²) >= 11 is 0. The third kappa shape index (κ3) is 1.38. The minimum Gasteiger partial charge on any atom is -0.393 e. The Labute approximate surface area is 92.0 Å². The van der Waals surface area contributed by atoms with E-state index in [0.717, 1.165) is 24.7 Å². The fraction of sp³-hybridized carbons (Fsp3) is 1.00. The Morgan fingerprint density at radius 3 is 2.47 bits per heavy atom. The predicted molar refractivity (Wildman–Crippen MR) is 58.6 cm³/mol. The van der Waals surface area contributed by atoms with Gasteiger partial charge in [-0.25, -0.2) is 0 Å². The Kier molecular flexibility index (Phi) is 2.01. The molecule has 2 unspecified atom stereocenters. The first-order valence-electron chi connectivity index (χ1n) is 6.40. The first-order valence-corrected chi connectivity index (χ1v) is 6.40. The molecule has 1 saturated heterocycles. The summed E-state index contributed by atoms with van der Waals surface area (Å²) in [5, 5.41) is 9.85. The molecule has 0 amide bonds. The highest BCUT2D eigenvalue weighted by molar-refractivity contribution is 5.08. The molecule has 2 nitrogen and oxygen atoms in total. The van der Waals surface area contributed by atoms with Gasteiger partial charge in [0.2, 0.25) is 0 Å². The average molecular weight is 210 g/mol. The van der Waals surface area contributed by atoms with E-state index in [0.29, 0.717) is 0 Å². The van der Waals surface area contributed by atoms with Gasteiger partial charge in [-0.3, -0.25) is 0 Å². The molecule has 3 aliphatic rings. The quantitative estimate of drug-likeness (QED) is 0.665. The maximum absolute atomic E-state index is 9.85. The molecule has 4 atom stereocenters. The smallest absolute Gasteiger partial charge is 0.0746 e. The molecule has 2 aliphatic carbocycles. The SMILES string of the molecule is CC1(C)OC23C[C@@H](O)CCC2CC[C@@H]1C3. The predicted octanol–water partition coefficient (Wildman–Crippen LogP) is 2.50. The summed E-state index contributed by atoms with van der Waals surface area (Å²) in [6.07, 6.45) is 6.77. The highest BCUT2D eigenvalue weighted by Gasteiger charge is 2.58. The monoisotopic (exact) mass is 210 g/mol. The molecule has 1 N–H and O–H groups in total. The minimum absolute atomic E-state index is 0.0457. The molecule has 3 fully saturated rings. The van der Waals surface area contributed by atoms with Crippen molar-refractivity contribution in [3.8, 4) is 0 Å². The topological polar surface area (TPSA) is 29.5 Å². The number of aliphatic hydroxyl groups is 1. The summed E-state index contributed by atoms with van der Waals surface area (Å²) in [6.45, 7) is 4.46. The van der Waals surface area contributed by atoms with Gasteiger partial charge in [-0.1, -0.05) is 0 Å². The van der Waals surface area contributed by atoms with Crippen LogP contribution in [-0.2, 0) is 4.74 Å². The van der Waals surface area contributed by atoms with Crippen LogP contribution < -0.4 is 0 Å². The lowest BCUT2D eigenvalue weighted by atomic mass is 9.64. The normalized spacial score (nSPS) is 52.6. The van der Waals surface area contributed by atoms with E-state index in [4.69, 9.17) is 4.74 Å². The second-order valence-corrected chi connectivity index (χ2v) is 6.38. The van der Waals surface area contributed by atoms with Crippen LogP contribution in [0.25, 0.3) is 0 Å². The van der Waals surface area contributed by atoms with Gasteiger partial charge in [-0.15, -0.1) is 0 Å². The summed E-state index contributed by atoms with van der Waals surface area (Å²) in [7, 11) is 0. The summed E-state index contributed by atoms with van der Waals surface area (Å²) < 4.78 is 6.37. The first kappa shape index (κ1) is 10.1. The first-order chi connectivity index (χ1) is 7.02. The van der Waals surface area contributed by atoms with E-state index in [9.17, 15) is 5.11 Å². The lowest BCUT2D eigenvalue weighted by Gasteiger charge is -2.45. The van der Waals surface area contributed by atoms with Crippen molar-refractivity contribution in [1.82, 2.24) is 0 Å². The highest BCUT2D eigenvalue weighted by atomic mass is 16.5. The fourth-order valence-corrected chi connectivity index (χ4v) is 4.27. The lowest BCUT2D eigenvalue weighted by molar-refractivity contribution is -0.149. The number of aliphatic hydroxyl groups excluding tert-OH is 1. The van der Waals surface area contributed by atoms with Gasteiger partial charge in [-0.05, 0) is 57.8 Å². The van der Waals surface area contributed by atoms with Crippen molar-refractivity contribution in [3.05, 3.63) is 0 Å². The lowest BCUT2D eigenvalue weighted by Crippen LogP contribution is -2.46. The Hall–Kier alpha value is -0.0800. The van der Waals surface area contributed by atoms with Gasteiger partial charge in [-0.2, -0.15) is 0 Å². The van der Waals surface area contributed by atoms with E-state index in [1.54, 1.807) is 0 Å².